The van der Waals surface area contributed by atoms with E-state index in [0.717, 1.165) is 18.4 Å². The minimum Gasteiger partial charge on any atom is -0.388 e. The summed E-state index contributed by atoms with van der Waals surface area (Å²) in [6, 6.07) is 14.6. The van der Waals surface area contributed by atoms with E-state index in [-0.39, 0.29) is 6.10 Å². The van der Waals surface area contributed by atoms with Crippen LogP contribution < -0.4 is 0 Å². The largest absolute Gasteiger partial charge is 0.388 e. The molecule has 1 saturated carbocycles. The standard InChI is InChI=1S/C19H24O/c1-19(2)12-10-15(11-13-19)18(20)17-9-5-7-14-6-3-4-8-16(14)17/h3-9,15,18,20H,10-13H2,1-2H3. The number of rotatable bonds is 2. The average Bonchev–Trinajstić information content (AvgIpc) is 2.46. The number of aliphatic hydroxyl groups excluding tert-OH is 1. The highest BCUT2D eigenvalue weighted by molar-refractivity contribution is 5.85. The normalized spacial score (nSPS) is 20.9. The van der Waals surface area contributed by atoms with Crippen molar-refractivity contribution >= 4 is 10.8 Å². The quantitative estimate of drug-likeness (QED) is 0.804. The number of aliphatic hydroxyl groups is 1. The van der Waals surface area contributed by atoms with E-state index in [9.17, 15) is 5.11 Å². The fourth-order valence-electron chi connectivity index (χ4n) is 3.50. The van der Waals surface area contributed by atoms with Gasteiger partial charge in [-0.05, 0) is 53.4 Å². The predicted molar refractivity (Wildman–Crippen MR) is 84.6 cm³/mol. The zero-order chi connectivity index (χ0) is 14.2. The minimum atomic E-state index is -0.322. The van der Waals surface area contributed by atoms with Gasteiger partial charge in [-0.15, -0.1) is 0 Å². The highest BCUT2D eigenvalue weighted by Crippen LogP contribution is 2.43. The van der Waals surface area contributed by atoms with Gasteiger partial charge in [0.25, 0.3) is 0 Å². The molecule has 0 amide bonds. The Balaban J connectivity index is 1.88. The lowest BCUT2D eigenvalue weighted by molar-refractivity contribution is 0.0577. The van der Waals surface area contributed by atoms with Gasteiger partial charge in [0.2, 0.25) is 0 Å². The van der Waals surface area contributed by atoms with Crippen molar-refractivity contribution in [3.63, 3.8) is 0 Å². The molecule has 2 aromatic rings. The monoisotopic (exact) mass is 268 g/mol. The van der Waals surface area contributed by atoms with Gasteiger partial charge in [-0.3, -0.25) is 0 Å². The van der Waals surface area contributed by atoms with E-state index < -0.39 is 0 Å². The highest BCUT2D eigenvalue weighted by atomic mass is 16.3. The fraction of sp³-hybridized carbons (Fsp3) is 0.474. The lowest BCUT2D eigenvalue weighted by Gasteiger charge is -2.36. The third-order valence-corrected chi connectivity index (χ3v) is 4.97. The van der Waals surface area contributed by atoms with Crippen LogP contribution in [0.1, 0.15) is 51.2 Å². The predicted octanol–water partition coefficient (Wildman–Crippen LogP) is 5.09. The molecular weight excluding hydrogens is 244 g/mol. The van der Waals surface area contributed by atoms with Crippen LogP contribution in [-0.4, -0.2) is 5.11 Å². The third kappa shape index (κ3) is 2.60. The molecule has 0 radical (unpaired) electrons. The Bertz CT molecular complexity index is 584. The summed E-state index contributed by atoms with van der Waals surface area (Å²) in [6.07, 6.45) is 4.39. The molecule has 0 bridgehead atoms. The van der Waals surface area contributed by atoms with Crippen LogP contribution in [0.15, 0.2) is 42.5 Å². The first-order valence-corrected chi connectivity index (χ1v) is 7.73. The van der Waals surface area contributed by atoms with Crippen molar-refractivity contribution in [3.05, 3.63) is 48.0 Å². The van der Waals surface area contributed by atoms with Gasteiger partial charge in [0, 0.05) is 0 Å². The van der Waals surface area contributed by atoms with Gasteiger partial charge < -0.3 is 5.11 Å². The number of fused-ring (bicyclic) bond motifs is 1. The average molecular weight is 268 g/mol. The van der Waals surface area contributed by atoms with Gasteiger partial charge in [-0.1, -0.05) is 56.3 Å². The van der Waals surface area contributed by atoms with Crippen molar-refractivity contribution < 1.29 is 5.11 Å². The lowest BCUT2D eigenvalue weighted by atomic mass is 9.70. The Morgan fingerprint density at radius 3 is 2.40 bits per heavy atom. The molecule has 1 aliphatic rings. The Morgan fingerprint density at radius 2 is 1.65 bits per heavy atom. The van der Waals surface area contributed by atoms with Crippen LogP contribution in [0.25, 0.3) is 10.8 Å². The van der Waals surface area contributed by atoms with E-state index >= 15 is 0 Å². The van der Waals surface area contributed by atoms with Crippen molar-refractivity contribution in [2.45, 2.75) is 45.6 Å². The van der Waals surface area contributed by atoms with Crippen LogP contribution in [-0.2, 0) is 0 Å². The molecule has 1 atom stereocenters. The summed E-state index contributed by atoms with van der Waals surface area (Å²) >= 11 is 0. The van der Waals surface area contributed by atoms with Crippen molar-refractivity contribution in [2.75, 3.05) is 0 Å². The summed E-state index contributed by atoms with van der Waals surface area (Å²) in [5.74, 6) is 0.411. The second-order valence-electron chi connectivity index (χ2n) is 7.01. The summed E-state index contributed by atoms with van der Waals surface area (Å²) in [4.78, 5) is 0. The first-order chi connectivity index (χ1) is 9.57. The molecule has 1 nitrogen and oxygen atoms in total. The lowest BCUT2D eigenvalue weighted by Crippen LogP contribution is -2.25. The van der Waals surface area contributed by atoms with Crippen molar-refractivity contribution in [2.24, 2.45) is 11.3 Å². The molecule has 3 rings (SSSR count). The van der Waals surface area contributed by atoms with Crippen molar-refractivity contribution in [1.29, 1.82) is 0 Å². The van der Waals surface area contributed by atoms with E-state index in [1.807, 2.05) is 0 Å². The minimum absolute atomic E-state index is 0.322. The van der Waals surface area contributed by atoms with Crippen molar-refractivity contribution in [1.82, 2.24) is 0 Å². The van der Waals surface area contributed by atoms with Gasteiger partial charge >= 0.3 is 0 Å². The smallest absolute Gasteiger partial charge is 0.0824 e. The van der Waals surface area contributed by atoms with Crippen LogP contribution in [0.2, 0.25) is 0 Å². The SMILES string of the molecule is CC1(C)CCC(C(O)c2cccc3ccccc23)CC1. The summed E-state index contributed by atoms with van der Waals surface area (Å²) in [5.41, 5.74) is 1.56. The molecule has 0 saturated heterocycles. The van der Waals surface area contributed by atoms with Gasteiger partial charge in [-0.2, -0.15) is 0 Å². The molecule has 0 aliphatic heterocycles. The van der Waals surface area contributed by atoms with Crippen LogP contribution in [0.5, 0.6) is 0 Å². The Labute approximate surface area is 121 Å². The van der Waals surface area contributed by atoms with Gasteiger partial charge in [-0.25, -0.2) is 0 Å². The molecule has 1 heteroatoms. The Kier molecular flexibility index (Phi) is 3.55. The maximum absolute atomic E-state index is 10.8. The van der Waals surface area contributed by atoms with E-state index in [2.05, 4.69) is 56.3 Å². The maximum atomic E-state index is 10.8. The molecule has 1 aliphatic carbocycles. The molecule has 1 fully saturated rings. The third-order valence-electron chi connectivity index (χ3n) is 4.97. The molecule has 1 N–H and O–H groups in total. The molecule has 106 valence electrons. The topological polar surface area (TPSA) is 20.2 Å². The Morgan fingerprint density at radius 1 is 1.00 bits per heavy atom. The number of benzene rings is 2. The zero-order valence-corrected chi connectivity index (χ0v) is 12.5. The molecule has 0 heterocycles. The van der Waals surface area contributed by atoms with Crippen LogP contribution >= 0.6 is 0 Å². The van der Waals surface area contributed by atoms with Crippen LogP contribution in [0, 0.1) is 11.3 Å². The number of hydrogen-bond acceptors (Lipinski definition) is 1. The van der Waals surface area contributed by atoms with E-state index in [1.54, 1.807) is 0 Å². The molecule has 20 heavy (non-hydrogen) atoms. The number of hydrogen-bond donors (Lipinski definition) is 1. The Hall–Kier alpha value is -1.34. The summed E-state index contributed by atoms with van der Waals surface area (Å²) < 4.78 is 0. The van der Waals surface area contributed by atoms with Crippen molar-refractivity contribution in [3.8, 4) is 0 Å². The van der Waals surface area contributed by atoms with E-state index in [1.165, 1.54) is 23.6 Å². The summed E-state index contributed by atoms with van der Waals surface area (Å²) in [7, 11) is 0. The van der Waals surface area contributed by atoms with Gasteiger partial charge in [0.05, 0.1) is 6.10 Å². The second kappa shape index (κ2) is 5.21. The highest BCUT2D eigenvalue weighted by Gasteiger charge is 2.31. The summed E-state index contributed by atoms with van der Waals surface area (Å²) in [5, 5.41) is 13.2. The first-order valence-electron chi connectivity index (χ1n) is 7.73. The zero-order valence-electron chi connectivity index (χ0n) is 12.5. The van der Waals surface area contributed by atoms with Crippen LogP contribution in [0.3, 0.4) is 0 Å². The van der Waals surface area contributed by atoms with Gasteiger partial charge in [0.15, 0.2) is 0 Å². The summed E-state index contributed by atoms with van der Waals surface area (Å²) in [6.45, 7) is 4.68. The molecule has 0 spiro atoms. The molecule has 2 aromatic carbocycles. The van der Waals surface area contributed by atoms with E-state index in [0.29, 0.717) is 11.3 Å². The van der Waals surface area contributed by atoms with E-state index in [4.69, 9.17) is 0 Å². The van der Waals surface area contributed by atoms with Crippen LogP contribution in [0.4, 0.5) is 0 Å². The molecular formula is C19H24O. The second-order valence-corrected chi connectivity index (χ2v) is 7.01. The van der Waals surface area contributed by atoms with Gasteiger partial charge in [0.1, 0.15) is 0 Å². The molecule has 0 aromatic heterocycles. The first kappa shape index (κ1) is 13.6. The maximum Gasteiger partial charge on any atom is 0.0824 e. The fourth-order valence-corrected chi connectivity index (χ4v) is 3.50. The molecule has 1 unspecified atom stereocenters.